The molecule has 71 valence electrons. The molecule has 1 unspecified atom stereocenters. The van der Waals surface area contributed by atoms with E-state index in [1.165, 1.54) is 7.11 Å². The Hall–Kier alpha value is 0.110. The van der Waals surface area contributed by atoms with Gasteiger partial charge < -0.3 is 9.42 Å². The molecule has 0 aromatic heterocycles. The van der Waals surface area contributed by atoms with Crippen LogP contribution < -0.4 is 5.32 Å². The summed E-state index contributed by atoms with van der Waals surface area (Å²) in [4.78, 5) is 9.18. The Kier molecular flexibility index (Phi) is 3.72. The summed E-state index contributed by atoms with van der Waals surface area (Å²) in [7, 11) is -2.00. The largest absolute Gasteiger partial charge is 0.328 e. The maximum atomic E-state index is 11.2. The van der Waals surface area contributed by atoms with Gasteiger partial charge in [0, 0.05) is 20.2 Å². The maximum Gasteiger partial charge on any atom is 0.328 e. The van der Waals surface area contributed by atoms with Gasteiger partial charge in [0.05, 0.1) is 6.16 Å². The van der Waals surface area contributed by atoms with Crippen LogP contribution in [0.3, 0.4) is 0 Å². The number of rotatable bonds is 3. The predicted octanol–water partition coefficient (Wildman–Crippen LogP) is 0.833. The molecule has 1 heterocycles. The summed E-state index contributed by atoms with van der Waals surface area (Å²) < 4.78 is 15.7. The molecule has 5 heteroatoms. The van der Waals surface area contributed by atoms with Crippen LogP contribution >= 0.6 is 7.60 Å². The normalized spacial score (nSPS) is 25.2. The van der Waals surface area contributed by atoms with Crippen LogP contribution in [0.25, 0.3) is 0 Å². The Labute approximate surface area is 72.8 Å². The SMILES string of the molecule is COP(=O)(O)CC1CC[N]CC1. The van der Waals surface area contributed by atoms with E-state index in [1.54, 1.807) is 0 Å². The molecule has 0 aliphatic carbocycles. The first-order valence-corrected chi connectivity index (χ1v) is 5.91. The van der Waals surface area contributed by atoms with E-state index in [4.69, 9.17) is 0 Å². The lowest BCUT2D eigenvalue weighted by Gasteiger charge is -2.22. The van der Waals surface area contributed by atoms with Crippen molar-refractivity contribution in [3.63, 3.8) is 0 Å². The van der Waals surface area contributed by atoms with Gasteiger partial charge in [0.1, 0.15) is 0 Å². The number of piperidine rings is 1. The van der Waals surface area contributed by atoms with Crippen LogP contribution in [0, 0.1) is 5.92 Å². The van der Waals surface area contributed by atoms with Crippen molar-refractivity contribution in [2.75, 3.05) is 26.4 Å². The molecule has 0 aromatic rings. The van der Waals surface area contributed by atoms with Crippen LogP contribution in [0.5, 0.6) is 0 Å². The predicted molar refractivity (Wildman–Crippen MR) is 46.3 cm³/mol. The monoisotopic (exact) mass is 192 g/mol. The van der Waals surface area contributed by atoms with Gasteiger partial charge in [-0.1, -0.05) is 0 Å². The fraction of sp³-hybridized carbons (Fsp3) is 1.00. The van der Waals surface area contributed by atoms with Crippen LogP contribution in [0.15, 0.2) is 0 Å². The Morgan fingerprint density at radius 1 is 1.58 bits per heavy atom. The van der Waals surface area contributed by atoms with Gasteiger partial charge in [-0.25, -0.2) is 5.32 Å². The minimum Gasteiger partial charge on any atom is -0.324 e. The third kappa shape index (κ3) is 3.23. The summed E-state index contributed by atoms with van der Waals surface area (Å²) in [6.07, 6.45) is 2.14. The zero-order valence-electron chi connectivity index (χ0n) is 7.27. The lowest BCUT2D eigenvalue weighted by Crippen LogP contribution is -2.24. The fourth-order valence-electron chi connectivity index (χ4n) is 1.39. The molecule has 12 heavy (non-hydrogen) atoms. The van der Waals surface area contributed by atoms with E-state index in [9.17, 15) is 9.46 Å². The first-order chi connectivity index (χ1) is 5.64. The molecule has 0 amide bonds. The number of nitrogens with zero attached hydrogens (tertiary/aromatic N) is 1. The zero-order valence-corrected chi connectivity index (χ0v) is 8.17. The Balaban J connectivity index is 2.34. The van der Waals surface area contributed by atoms with Gasteiger partial charge in [0.2, 0.25) is 0 Å². The Morgan fingerprint density at radius 3 is 2.67 bits per heavy atom. The van der Waals surface area contributed by atoms with E-state index in [2.05, 4.69) is 9.84 Å². The van der Waals surface area contributed by atoms with Gasteiger partial charge in [-0.2, -0.15) is 0 Å². The molecule has 4 nitrogen and oxygen atoms in total. The molecule has 1 aliphatic rings. The molecule has 0 saturated carbocycles. The number of hydrogen-bond acceptors (Lipinski definition) is 2. The van der Waals surface area contributed by atoms with Crippen molar-refractivity contribution in [2.45, 2.75) is 12.8 Å². The quantitative estimate of drug-likeness (QED) is 0.674. The van der Waals surface area contributed by atoms with Gasteiger partial charge in [-0.05, 0) is 18.8 Å². The van der Waals surface area contributed by atoms with E-state index in [-0.39, 0.29) is 0 Å². The summed E-state index contributed by atoms with van der Waals surface area (Å²) in [5, 5.41) is 4.17. The molecule has 1 N–H and O–H groups in total. The molecule has 0 spiro atoms. The van der Waals surface area contributed by atoms with Gasteiger partial charge >= 0.3 is 7.60 Å². The highest BCUT2D eigenvalue weighted by atomic mass is 31.2. The van der Waals surface area contributed by atoms with Crippen LogP contribution in [-0.4, -0.2) is 31.3 Å². The van der Waals surface area contributed by atoms with Crippen molar-refractivity contribution in [3.8, 4) is 0 Å². The molecular formula is C7H15NO3P. The molecule has 1 radical (unpaired) electrons. The van der Waals surface area contributed by atoms with Crippen molar-refractivity contribution in [1.82, 2.24) is 5.32 Å². The first kappa shape index (κ1) is 10.2. The minimum atomic E-state index is -3.28. The molecule has 1 rings (SSSR count). The van der Waals surface area contributed by atoms with Crippen LogP contribution in [0.1, 0.15) is 12.8 Å². The second-order valence-electron chi connectivity index (χ2n) is 3.12. The van der Waals surface area contributed by atoms with Gasteiger partial charge in [0.25, 0.3) is 0 Å². The molecule has 0 bridgehead atoms. The van der Waals surface area contributed by atoms with E-state index in [0.29, 0.717) is 12.1 Å². The fourth-order valence-corrected chi connectivity index (χ4v) is 2.55. The lowest BCUT2D eigenvalue weighted by molar-refractivity contribution is 0.297. The zero-order chi connectivity index (χ0) is 9.03. The van der Waals surface area contributed by atoms with Crippen LogP contribution in [0.4, 0.5) is 0 Å². The van der Waals surface area contributed by atoms with Gasteiger partial charge in [-0.15, -0.1) is 0 Å². The standard InChI is InChI=1S/C7H15NO3P/c1-11-12(9,10)6-7-2-4-8-5-3-7/h7H,2-6H2,1H3,(H,9,10). The van der Waals surface area contributed by atoms with Gasteiger partial charge in [-0.3, -0.25) is 4.57 Å². The summed E-state index contributed by atoms with van der Waals surface area (Å²) in [5.74, 6) is 0.318. The smallest absolute Gasteiger partial charge is 0.324 e. The van der Waals surface area contributed by atoms with Crippen molar-refractivity contribution < 1.29 is 14.0 Å². The third-order valence-corrected chi connectivity index (χ3v) is 3.71. The summed E-state index contributed by atoms with van der Waals surface area (Å²) in [6.45, 7) is 1.66. The average Bonchev–Trinajstić information content (AvgIpc) is 2.06. The molecule has 1 atom stereocenters. The van der Waals surface area contributed by atoms with E-state index in [0.717, 1.165) is 25.9 Å². The highest BCUT2D eigenvalue weighted by molar-refractivity contribution is 7.52. The molecular weight excluding hydrogens is 177 g/mol. The van der Waals surface area contributed by atoms with E-state index < -0.39 is 7.60 Å². The second kappa shape index (κ2) is 4.38. The summed E-state index contributed by atoms with van der Waals surface area (Å²) >= 11 is 0. The summed E-state index contributed by atoms with van der Waals surface area (Å²) in [5.41, 5.74) is 0. The second-order valence-corrected chi connectivity index (χ2v) is 5.12. The molecule has 0 aromatic carbocycles. The lowest BCUT2D eigenvalue weighted by atomic mass is 10.0. The van der Waals surface area contributed by atoms with Crippen LogP contribution in [0.2, 0.25) is 0 Å². The van der Waals surface area contributed by atoms with Crippen molar-refractivity contribution in [1.29, 1.82) is 0 Å². The van der Waals surface area contributed by atoms with Crippen molar-refractivity contribution in [3.05, 3.63) is 0 Å². The topological polar surface area (TPSA) is 60.6 Å². The van der Waals surface area contributed by atoms with Crippen molar-refractivity contribution >= 4 is 7.60 Å². The Bertz CT molecular complexity index is 179. The van der Waals surface area contributed by atoms with Crippen LogP contribution in [-0.2, 0) is 9.09 Å². The highest BCUT2D eigenvalue weighted by Gasteiger charge is 2.25. The molecule has 1 fully saturated rings. The maximum absolute atomic E-state index is 11.2. The van der Waals surface area contributed by atoms with E-state index in [1.807, 2.05) is 0 Å². The molecule has 1 aliphatic heterocycles. The average molecular weight is 192 g/mol. The first-order valence-electron chi connectivity index (χ1n) is 4.15. The van der Waals surface area contributed by atoms with Gasteiger partial charge in [0.15, 0.2) is 0 Å². The third-order valence-electron chi connectivity index (χ3n) is 2.17. The van der Waals surface area contributed by atoms with E-state index >= 15 is 0 Å². The Morgan fingerprint density at radius 2 is 2.17 bits per heavy atom. The summed E-state index contributed by atoms with van der Waals surface area (Å²) in [6, 6.07) is 0. The van der Waals surface area contributed by atoms with Crippen molar-refractivity contribution in [2.24, 2.45) is 5.92 Å². The minimum absolute atomic E-state index is 0.291. The highest BCUT2D eigenvalue weighted by Crippen LogP contribution is 2.44. The number of hydrogen-bond donors (Lipinski definition) is 1. The molecule has 1 saturated heterocycles.